The van der Waals surface area contributed by atoms with Crippen molar-refractivity contribution < 1.29 is 5.11 Å². The first-order chi connectivity index (χ1) is 6.79. The van der Waals surface area contributed by atoms with Crippen molar-refractivity contribution >= 4 is 5.69 Å². The Kier molecular flexibility index (Phi) is 4.47. The molecule has 14 heavy (non-hydrogen) atoms. The minimum absolute atomic E-state index is 0.364. The van der Waals surface area contributed by atoms with Crippen molar-refractivity contribution in [3.63, 3.8) is 0 Å². The van der Waals surface area contributed by atoms with Crippen molar-refractivity contribution in [1.29, 1.82) is 0 Å². The van der Waals surface area contributed by atoms with Gasteiger partial charge in [-0.25, -0.2) is 0 Å². The van der Waals surface area contributed by atoms with Gasteiger partial charge in [-0.3, -0.25) is 0 Å². The number of hydrogen-bond acceptors (Lipinski definition) is 2. The van der Waals surface area contributed by atoms with E-state index in [1.54, 1.807) is 0 Å². The van der Waals surface area contributed by atoms with Crippen molar-refractivity contribution in [3.05, 3.63) is 30.3 Å². The third-order valence-corrected chi connectivity index (χ3v) is 2.28. The summed E-state index contributed by atoms with van der Waals surface area (Å²) in [6.45, 7) is 5.02. The maximum atomic E-state index is 9.83. The van der Waals surface area contributed by atoms with E-state index in [1.165, 1.54) is 0 Å². The van der Waals surface area contributed by atoms with Gasteiger partial charge < -0.3 is 10.0 Å². The lowest BCUT2D eigenvalue weighted by molar-refractivity contribution is 0.164. The molecular weight excluding hydrogens is 174 g/mol. The molecule has 0 aliphatic heterocycles. The number of benzene rings is 1. The molecule has 2 heteroatoms. The summed E-state index contributed by atoms with van der Waals surface area (Å²) in [5.74, 6) is 0. The van der Waals surface area contributed by atoms with Gasteiger partial charge in [0.25, 0.3) is 0 Å². The maximum absolute atomic E-state index is 9.83. The molecule has 0 aromatic heterocycles. The summed E-state index contributed by atoms with van der Waals surface area (Å²) in [6, 6.07) is 10.1. The summed E-state index contributed by atoms with van der Waals surface area (Å²) in [5, 5.41) is 9.83. The van der Waals surface area contributed by atoms with Gasteiger partial charge in [0.15, 0.2) is 0 Å². The molecule has 1 aromatic rings. The molecule has 0 heterocycles. The van der Waals surface area contributed by atoms with E-state index >= 15 is 0 Å². The molecule has 78 valence electrons. The second kappa shape index (κ2) is 5.66. The van der Waals surface area contributed by atoms with E-state index in [1.807, 2.05) is 42.2 Å². The first kappa shape index (κ1) is 11.1. The van der Waals surface area contributed by atoms with E-state index in [9.17, 15) is 5.11 Å². The van der Waals surface area contributed by atoms with E-state index in [2.05, 4.69) is 6.92 Å². The first-order valence-electron chi connectivity index (χ1n) is 5.29. The van der Waals surface area contributed by atoms with Crippen LogP contribution in [-0.2, 0) is 0 Å². The lowest BCUT2D eigenvalue weighted by atomic mass is 10.2. The number of nitrogens with zero attached hydrogens (tertiary/aromatic N) is 1. The summed E-state index contributed by atoms with van der Waals surface area (Å²) in [5.41, 5.74) is 1.10. The van der Waals surface area contributed by atoms with E-state index in [0.29, 0.717) is 0 Å². The van der Waals surface area contributed by atoms with Gasteiger partial charge in [0.05, 0.1) is 0 Å². The summed E-state index contributed by atoms with van der Waals surface area (Å²) in [4.78, 5) is 2.04. The average molecular weight is 193 g/mol. The standard InChI is InChI=1S/C12H19NO/c1-3-10-13(12(14)4-2)11-8-6-5-7-9-11/h5-9,12,14H,3-4,10H2,1-2H3. The smallest absolute Gasteiger partial charge is 0.126 e. The van der Waals surface area contributed by atoms with E-state index in [4.69, 9.17) is 0 Å². The van der Waals surface area contributed by atoms with E-state index in [0.717, 1.165) is 25.1 Å². The van der Waals surface area contributed by atoms with Gasteiger partial charge >= 0.3 is 0 Å². The predicted molar refractivity (Wildman–Crippen MR) is 60.4 cm³/mol. The maximum Gasteiger partial charge on any atom is 0.126 e. The predicted octanol–water partition coefficient (Wildman–Crippen LogP) is 2.63. The Morgan fingerprint density at radius 2 is 1.86 bits per heavy atom. The Morgan fingerprint density at radius 3 is 2.36 bits per heavy atom. The Morgan fingerprint density at radius 1 is 1.21 bits per heavy atom. The number of rotatable bonds is 5. The highest BCUT2D eigenvalue weighted by Crippen LogP contribution is 2.16. The minimum atomic E-state index is -0.364. The quantitative estimate of drug-likeness (QED) is 0.727. The highest BCUT2D eigenvalue weighted by molar-refractivity contribution is 5.46. The Balaban J connectivity index is 2.77. The molecule has 0 amide bonds. The number of para-hydroxylation sites is 1. The molecule has 0 fully saturated rings. The molecule has 1 rings (SSSR count). The van der Waals surface area contributed by atoms with Crippen LogP contribution in [0.4, 0.5) is 5.69 Å². The molecule has 0 bridgehead atoms. The van der Waals surface area contributed by atoms with Crippen LogP contribution >= 0.6 is 0 Å². The first-order valence-corrected chi connectivity index (χ1v) is 5.29. The molecule has 0 spiro atoms. The minimum Gasteiger partial charge on any atom is -0.374 e. The molecule has 0 aliphatic rings. The summed E-state index contributed by atoms with van der Waals surface area (Å²) < 4.78 is 0. The van der Waals surface area contributed by atoms with Gasteiger partial charge in [0, 0.05) is 12.2 Å². The largest absolute Gasteiger partial charge is 0.374 e. The van der Waals surface area contributed by atoms with Gasteiger partial charge in [-0.1, -0.05) is 32.0 Å². The number of aliphatic hydroxyl groups excluding tert-OH is 1. The third kappa shape index (κ3) is 2.74. The Hall–Kier alpha value is -1.02. The fourth-order valence-corrected chi connectivity index (χ4v) is 1.53. The van der Waals surface area contributed by atoms with Gasteiger partial charge in [0.2, 0.25) is 0 Å². The van der Waals surface area contributed by atoms with Crippen LogP contribution in [-0.4, -0.2) is 17.9 Å². The summed E-state index contributed by atoms with van der Waals surface area (Å²) in [6.07, 6.45) is 1.44. The van der Waals surface area contributed by atoms with Crippen LogP contribution in [0.2, 0.25) is 0 Å². The summed E-state index contributed by atoms with van der Waals surface area (Å²) in [7, 11) is 0. The second-order valence-corrected chi connectivity index (χ2v) is 3.42. The average Bonchev–Trinajstić information content (AvgIpc) is 2.26. The molecule has 0 saturated carbocycles. The number of anilines is 1. The highest BCUT2D eigenvalue weighted by atomic mass is 16.3. The zero-order chi connectivity index (χ0) is 10.4. The monoisotopic (exact) mass is 193 g/mol. The molecule has 1 atom stereocenters. The van der Waals surface area contributed by atoms with Crippen LogP contribution in [0.1, 0.15) is 26.7 Å². The number of hydrogen-bond donors (Lipinski definition) is 1. The molecule has 0 aliphatic carbocycles. The van der Waals surface area contributed by atoms with Gasteiger partial charge in [-0.15, -0.1) is 0 Å². The van der Waals surface area contributed by atoms with Gasteiger partial charge in [-0.2, -0.15) is 0 Å². The van der Waals surface area contributed by atoms with E-state index in [-0.39, 0.29) is 6.23 Å². The molecular formula is C12H19NO. The highest BCUT2D eigenvalue weighted by Gasteiger charge is 2.12. The zero-order valence-corrected chi connectivity index (χ0v) is 8.98. The van der Waals surface area contributed by atoms with Crippen molar-refractivity contribution in [2.75, 3.05) is 11.4 Å². The lowest BCUT2D eigenvalue weighted by Crippen LogP contribution is -2.35. The third-order valence-electron chi connectivity index (χ3n) is 2.28. The molecule has 2 nitrogen and oxygen atoms in total. The van der Waals surface area contributed by atoms with Gasteiger partial charge in [0.1, 0.15) is 6.23 Å². The fraction of sp³-hybridized carbons (Fsp3) is 0.500. The molecule has 1 N–H and O–H groups in total. The van der Waals surface area contributed by atoms with E-state index < -0.39 is 0 Å². The Bertz CT molecular complexity index is 248. The van der Waals surface area contributed by atoms with Crippen molar-refractivity contribution in [2.45, 2.75) is 32.9 Å². The normalized spacial score (nSPS) is 12.5. The van der Waals surface area contributed by atoms with Crippen LogP contribution in [0.25, 0.3) is 0 Å². The van der Waals surface area contributed by atoms with Crippen LogP contribution < -0.4 is 4.90 Å². The van der Waals surface area contributed by atoms with Crippen molar-refractivity contribution in [2.24, 2.45) is 0 Å². The number of aliphatic hydroxyl groups is 1. The zero-order valence-electron chi connectivity index (χ0n) is 8.98. The van der Waals surface area contributed by atoms with Crippen LogP contribution in [0.15, 0.2) is 30.3 Å². The topological polar surface area (TPSA) is 23.5 Å². The molecule has 1 aromatic carbocycles. The second-order valence-electron chi connectivity index (χ2n) is 3.42. The fourth-order valence-electron chi connectivity index (χ4n) is 1.53. The SMILES string of the molecule is CCCN(c1ccccc1)C(O)CC. The van der Waals surface area contributed by atoms with Crippen molar-refractivity contribution in [1.82, 2.24) is 0 Å². The van der Waals surface area contributed by atoms with Crippen LogP contribution in [0.5, 0.6) is 0 Å². The Labute approximate surface area is 86.2 Å². The molecule has 0 saturated heterocycles. The van der Waals surface area contributed by atoms with Crippen LogP contribution in [0.3, 0.4) is 0 Å². The lowest BCUT2D eigenvalue weighted by Gasteiger charge is -2.29. The van der Waals surface area contributed by atoms with Crippen LogP contribution in [0, 0.1) is 0 Å². The molecule has 0 radical (unpaired) electrons. The molecule has 1 unspecified atom stereocenters. The van der Waals surface area contributed by atoms with Crippen molar-refractivity contribution in [3.8, 4) is 0 Å². The van der Waals surface area contributed by atoms with Gasteiger partial charge in [-0.05, 0) is 25.0 Å². The summed E-state index contributed by atoms with van der Waals surface area (Å²) >= 11 is 0.